The van der Waals surface area contributed by atoms with Crippen LogP contribution in [-0.2, 0) is 11.3 Å². The highest BCUT2D eigenvalue weighted by molar-refractivity contribution is 5.92. The molecule has 0 saturated heterocycles. The average Bonchev–Trinajstić information content (AvgIpc) is 2.61. The number of benzene rings is 2. The van der Waals surface area contributed by atoms with Crippen LogP contribution in [0.1, 0.15) is 30.9 Å². The Labute approximate surface area is 149 Å². The molecular formula is C20H27N3O2. The maximum Gasteiger partial charge on any atom is 0.193 e. The summed E-state index contributed by atoms with van der Waals surface area (Å²) in [7, 11) is 1.65. The number of nitrogens with two attached hydrogens (primary N) is 1. The van der Waals surface area contributed by atoms with E-state index in [0.717, 1.165) is 17.0 Å². The number of nitrogens with one attached hydrogen (secondary N) is 1. The Kier molecular flexibility index (Phi) is 7.29. The van der Waals surface area contributed by atoms with Gasteiger partial charge in [0.15, 0.2) is 5.96 Å². The van der Waals surface area contributed by atoms with E-state index in [4.69, 9.17) is 15.2 Å². The van der Waals surface area contributed by atoms with Crippen LogP contribution in [0.15, 0.2) is 53.5 Å². The summed E-state index contributed by atoms with van der Waals surface area (Å²) in [5.41, 5.74) is 9.28. The average molecular weight is 341 g/mol. The van der Waals surface area contributed by atoms with Crippen LogP contribution in [0.4, 0.5) is 5.69 Å². The first-order chi connectivity index (χ1) is 12.1. The van der Waals surface area contributed by atoms with Gasteiger partial charge in [0, 0.05) is 12.8 Å². The van der Waals surface area contributed by atoms with Gasteiger partial charge in [-0.3, -0.25) is 0 Å². The molecule has 0 amide bonds. The van der Waals surface area contributed by atoms with E-state index in [-0.39, 0.29) is 0 Å². The first-order valence-corrected chi connectivity index (χ1v) is 8.46. The van der Waals surface area contributed by atoms with Gasteiger partial charge in [0.2, 0.25) is 0 Å². The van der Waals surface area contributed by atoms with E-state index in [2.05, 4.69) is 36.3 Å². The molecule has 0 aliphatic heterocycles. The highest BCUT2D eigenvalue weighted by Gasteiger charge is 2.01. The fourth-order valence-electron chi connectivity index (χ4n) is 2.27. The number of methoxy groups -OCH3 is 1. The Bertz CT molecular complexity index is 682. The van der Waals surface area contributed by atoms with E-state index < -0.39 is 0 Å². The van der Waals surface area contributed by atoms with Crippen LogP contribution in [0.25, 0.3) is 0 Å². The Morgan fingerprint density at radius 3 is 2.56 bits per heavy atom. The van der Waals surface area contributed by atoms with Gasteiger partial charge in [-0.05, 0) is 41.3 Å². The highest BCUT2D eigenvalue weighted by atomic mass is 16.5. The summed E-state index contributed by atoms with van der Waals surface area (Å²) in [6.07, 6.45) is 0. The van der Waals surface area contributed by atoms with Gasteiger partial charge in [0.25, 0.3) is 0 Å². The van der Waals surface area contributed by atoms with Crippen molar-refractivity contribution >= 4 is 11.6 Å². The van der Waals surface area contributed by atoms with Crippen molar-refractivity contribution in [1.29, 1.82) is 0 Å². The predicted molar refractivity (Wildman–Crippen MR) is 103 cm³/mol. The van der Waals surface area contributed by atoms with Gasteiger partial charge < -0.3 is 20.5 Å². The molecule has 2 aromatic rings. The lowest BCUT2D eigenvalue weighted by molar-refractivity contribution is 0.146. The molecule has 2 rings (SSSR count). The van der Waals surface area contributed by atoms with Gasteiger partial charge in [-0.25, -0.2) is 4.99 Å². The predicted octanol–water partition coefficient (Wildman–Crippen LogP) is 3.76. The molecule has 0 unspecified atom stereocenters. The molecule has 25 heavy (non-hydrogen) atoms. The smallest absolute Gasteiger partial charge is 0.193 e. The number of hydrogen-bond acceptors (Lipinski definition) is 3. The Hall–Kier alpha value is -2.53. The number of guanidine groups is 1. The second-order valence-electron chi connectivity index (χ2n) is 6.09. The molecular weight excluding hydrogens is 314 g/mol. The Balaban J connectivity index is 1.89. The Morgan fingerprint density at radius 1 is 1.12 bits per heavy atom. The van der Waals surface area contributed by atoms with Crippen molar-refractivity contribution in [2.45, 2.75) is 26.3 Å². The molecule has 0 aliphatic carbocycles. The molecule has 2 aromatic carbocycles. The normalized spacial score (nSPS) is 11.6. The molecule has 0 saturated carbocycles. The quantitative estimate of drug-likeness (QED) is 0.436. The Morgan fingerprint density at radius 2 is 1.88 bits per heavy atom. The fourth-order valence-corrected chi connectivity index (χ4v) is 2.27. The zero-order valence-corrected chi connectivity index (χ0v) is 15.2. The maximum atomic E-state index is 5.99. The third-order valence-electron chi connectivity index (χ3n) is 3.74. The number of ether oxygens (including phenoxy) is 2. The molecule has 5 heteroatoms. The number of anilines is 1. The molecule has 0 spiro atoms. The van der Waals surface area contributed by atoms with E-state index in [1.807, 2.05) is 36.4 Å². The molecule has 3 N–H and O–H groups in total. The van der Waals surface area contributed by atoms with Crippen molar-refractivity contribution in [3.8, 4) is 5.75 Å². The summed E-state index contributed by atoms with van der Waals surface area (Å²) < 4.78 is 10.5. The monoisotopic (exact) mass is 341 g/mol. The van der Waals surface area contributed by atoms with Crippen LogP contribution in [0, 0.1) is 0 Å². The van der Waals surface area contributed by atoms with Gasteiger partial charge in [0.05, 0.1) is 13.2 Å². The molecule has 0 radical (unpaired) electrons. The van der Waals surface area contributed by atoms with Crippen LogP contribution in [0.2, 0.25) is 0 Å². The molecule has 0 atom stereocenters. The van der Waals surface area contributed by atoms with Gasteiger partial charge in [-0.15, -0.1) is 0 Å². The number of rotatable bonds is 8. The van der Waals surface area contributed by atoms with Crippen molar-refractivity contribution < 1.29 is 9.47 Å². The third kappa shape index (κ3) is 6.47. The zero-order valence-electron chi connectivity index (χ0n) is 15.2. The molecule has 0 aliphatic rings. The van der Waals surface area contributed by atoms with Crippen LogP contribution in [0.3, 0.4) is 0 Å². The molecule has 0 fully saturated rings. The zero-order chi connectivity index (χ0) is 18.1. The number of aliphatic imine (C=N–C) groups is 1. The summed E-state index contributed by atoms with van der Waals surface area (Å²) in [6.45, 7) is 5.96. The lowest BCUT2D eigenvalue weighted by Gasteiger charge is -2.10. The molecule has 0 bridgehead atoms. The summed E-state index contributed by atoms with van der Waals surface area (Å²) in [4.78, 5) is 4.39. The molecule has 134 valence electrons. The van der Waals surface area contributed by atoms with Crippen LogP contribution in [0.5, 0.6) is 5.75 Å². The van der Waals surface area contributed by atoms with Crippen LogP contribution >= 0.6 is 0 Å². The van der Waals surface area contributed by atoms with Gasteiger partial charge >= 0.3 is 0 Å². The van der Waals surface area contributed by atoms with E-state index in [1.54, 1.807) is 7.11 Å². The topological polar surface area (TPSA) is 68.9 Å². The minimum atomic E-state index is 0.404. The van der Waals surface area contributed by atoms with Crippen molar-refractivity contribution in [1.82, 2.24) is 0 Å². The first kappa shape index (κ1) is 18.8. The third-order valence-corrected chi connectivity index (χ3v) is 3.74. The van der Waals surface area contributed by atoms with Gasteiger partial charge in [-0.2, -0.15) is 0 Å². The van der Waals surface area contributed by atoms with Crippen molar-refractivity contribution in [3.05, 3.63) is 59.7 Å². The van der Waals surface area contributed by atoms with Gasteiger partial charge in [-0.1, -0.05) is 38.1 Å². The minimum Gasteiger partial charge on any atom is -0.491 e. The molecule has 0 aromatic heterocycles. The second kappa shape index (κ2) is 9.69. The summed E-state index contributed by atoms with van der Waals surface area (Å²) >= 11 is 0. The fraction of sp³-hybridized carbons (Fsp3) is 0.350. The maximum absolute atomic E-state index is 5.99. The highest BCUT2D eigenvalue weighted by Crippen LogP contribution is 2.18. The van der Waals surface area contributed by atoms with Crippen LogP contribution in [-0.4, -0.2) is 26.3 Å². The largest absolute Gasteiger partial charge is 0.491 e. The molecule has 0 heterocycles. The van der Waals surface area contributed by atoms with Crippen molar-refractivity contribution in [2.24, 2.45) is 10.7 Å². The number of nitrogens with zero attached hydrogens (tertiary/aromatic N) is 1. The van der Waals surface area contributed by atoms with Crippen LogP contribution < -0.4 is 15.8 Å². The van der Waals surface area contributed by atoms with E-state index in [9.17, 15) is 0 Å². The van der Waals surface area contributed by atoms with Gasteiger partial charge in [0.1, 0.15) is 12.4 Å². The minimum absolute atomic E-state index is 0.404. The molecule has 5 nitrogen and oxygen atoms in total. The van der Waals surface area contributed by atoms with Crippen molar-refractivity contribution in [3.63, 3.8) is 0 Å². The lowest BCUT2D eigenvalue weighted by atomic mass is 10.0. The SMILES string of the molecule is COCCOc1ccc(CN=C(N)Nc2cccc(C(C)C)c2)cc1. The van der Waals surface area contributed by atoms with E-state index in [1.165, 1.54) is 5.56 Å². The summed E-state index contributed by atoms with van der Waals surface area (Å²) in [5, 5.41) is 3.14. The summed E-state index contributed by atoms with van der Waals surface area (Å²) in [5.74, 6) is 1.70. The first-order valence-electron chi connectivity index (χ1n) is 8.46. The summed E-state index contributed by atoms with van der Waals surface area (Å²) in [6, 6.07) is 16.0. The second-order valence-corrected chi connectivity index (χ2v) is 6.09. The van der Waals surface area contributed by atoms with Crippen molar-refractivity contribution in [2.75, 3.05) is 25.6 Å². The van der Waals surface area contributed by atoms with E-state index in [0.29, 0.717) is 31.6 Å². The number of hydrogen-bond donors (Lipinski definition) is 2. The van der Waals surface area contributed by atoms with E-state index >= 15 is 0 Å². The standard InChI is InChI=1S/C20H27N3O2/c1-15(2)17-5-4-6-18(13-17)23-20(21)22-14-16-7-9-19(10-8-16)25-12-11-24-3/h4-10,13,15H,11-12,14H2,1-3H3,(H3,21,22,23). The lowest BCUT2D eigenvalue weighted by Crippen LogP contribution is -2.22.